The van der Waals surface area contributed by atoms with Gasteiger partial charge in [0.05, 0.1) is 5.56 Å². The predicted molar refractivity (Wildman–Crippen MR) is 97.5 cm³/mol. The third kappa shape index (κ3) is 4.35. The van der Waals surface area contributed by atoms with Crippen molar-refractivity contribution in [3.05, 3.63) is 76.4 Å². The molecule has 0 aliphatic rings. The van der Waals surface area contributed by atoms with Gasteiger partial charge in [-0.05, 0) is 51.0 Å². The molecule has 0 aliphatic heterocycles. The van der Waals surface area contributed by atoms with Gasteiger partial charge in [-0.2, -0.15) is 0 Å². The number of phenols is 2. The molecule has 0 heterocycles. The Morgan fingerprint density at radius 1 is 1.04 bits per heavy atom. The molecule has 0 bridgehead atoms. The molecule has 2 rings (SSSR count). The molecular formula is C21H22O3. The summed E-state index contributed by atoms with van der Waals surface area (Å²) in [5.74, 6) is -0.471. The van der Waals surface area contributed by atoms with Crippen molar-refractivity contribution in [3.63, 3.8) is 0 Å². The van der Waals surface area contributed by atoms with Gasteiger partial charge in [-0.15, -0.1) is 0 Å². The highest BCUT2D eigenvalue weighted by Gasteiger charge is 2.15. The van der Waals surface area contributed by atoms with Crippen LogP contribution in [0.25, 0.3) is 6.08 Å². The van der Waals surface area contributed by atoms with Crippen molar-refractivity contribution in [3.8, 4) is 11.5 Å². The van der Waals surface area contributed by atoms with Gasteiger partial charge in [0.2, 0.25) is 0 Å². The lowest BCUT2D eigenvalue weighted by Crippen LogP contribution is -1.98. The molecular weight excluding hydrogens is 300 g/mol. The van der Waals surface area contributed by atoms with Crippen molar-refractivity contribution < 1.29 is 15.0 Å². The van der Waals surface area contributed by atoms with E-state index in [0.717, 1.165) is 16.7 Å². The molecule has 2 N–H and O–H groups in total. The number of hydrogen-bond acceptors (Lipinski definition) is 3. The molecule has 0 spiro atoms. The molecule has 0 radical (unpaired) electrons. The normalized spacial score (nSPS) is 10.8. The van der Waals surface area contributed by atoms with E-state index in [9.17, 15) is 15.0 Å². The molecule has 0 atom stereocenters. The SMILES string of the molecule is CC(C)=CCc1c(O)ccc(C(=O)/C=C/c2ccc(C)cc2)c1O. The molecule has 3 nitrogen and oxygen atoms in total. The van der Waals surface area contributed by atoms with Crippen molar-refractivity contribution in [1.29, 1.82) is 0 Å². The first-order valence-corrected chi connectivity index (χ1v) is 7.84. The van der Waals surface area contributed by atoms with Crippen LogP contribution in [-0.2, 0) is 6.42 Å². The Bertz CT molecular complexity index is 793. The lowest BCUT2D eigenvalue weighted by molar-refractivity contribution is 0.104. The summed E-state index contributed by atoms with van der Waals surface area (Å²) < 4.78 is 0. The zero-order valence-electron chi connectivity index (χ0n) is 14.2. The second-order valence-corrected chi connectivity index (χ2v) is 6.05. The fraction of sp³-hybridized carbons (Fsp3) is 0.190. The molecule has 0 amide bonds. The summed E-state index contributed by atoms with van der Waals surface area (Å²) >= 11 is 0. The summed E-state index contributed by atoms with van der Waals surface area (Å²) in [5, 5.41) is 20.3. The van der Waals surface area contributed by atoms with Crippen LogP contribution in [0, 0.1) is 6.92 Å². The monoisotopic (exact) mass is 322 g/mol. The summed E-state index contributed by atoms with van der Waals surface area (Å²) in [4.78, 5) is 12.4. The molecule has 0 unspecified atom stereocenters. The number of ketones is 1. The molecule has 3 heteroatoms. The molecule has 124 valence electrons. The number of phenolic OH excluding ortho intramolecular Hbond substituents is 2. The van der Waals surface area contributed by atoms with Gasteiger partial charge in [0, 0.05) is 5.56 Å². The lowest BCUT2D eigenvalue weighted by atomic mass is 10.0. The first kappa shape index (κ1) is 17.5. The van der Waals surface area contributed by atoms with Crippen LogP contribution in [0.3, 0.4) is 0 Å². The smallest absolute Gasteiger partial charge is 0.189 e. The van der Waals surface area contributed by atoms with Gasteiger partial charge in [0.1, 0.15) is 11.5 Å². The van der Waals surface area contributed by atoms with E-state index >= 15 is 0 Å². The molecule has 0 saturated heterocycles. The fourth-order valence-corrected chi connectivity index (χ4v) is 2.27. The van der Waals surface area contributed by atoms with Gasteiger partial charge in [-0.25, -0.2) is 0 Å². The molecule has 2 aromatic rings. The number of hydrogen-bond donors (Lipinski definition) is 2. The van der Waals surface area contributed by atoms with Gasteiger partial charge in [0.25, 0.3) is 0 Å². The summed E-state index contributed by atoms with van der Waals surface area (Å²) in [5.41, 5.74) is 3.69. The van der Waals surface area contributed by atoms with Crippen LogP contribution in [0.1, 0.15) is 40.9 Å². The Morgan fingerprint density at radius 2 is 1.71 bits per heavy atom. The van der Waals surface area contributed by atoms with E-state index in [-0.39, 0.29) is 22.8 Å². The lowest BCUT2D eigenvalue weighted by Gasteiger charge is -2.09. The topological polar surface area (TPSA) is 57.5 Å². The number of benzene rings is 2. The number of aryl methyl sites for hydroxylation is 1. The third-order valence-corrected chi connectivity index (χ3v) is 3.74. The highest BCUT2D eigenvalue weighted by molar-refractivity contribution is 6.09. The standard InChI is InChI=1S/C21H22O3/c1-14(2)4-10-17-20(23)13-11-18(21(17)24)19(22)12-9-16-7-5-15(3)6-8-16/h4-9,11-13,23-24H,10H2,1-3H3/b12-9+. The van der Waals surface area contributed by atoms with Crippen LogP contribution in [0.5, 0.6) is 11.5 Å². The Kier molecular flexibility index (Phi) is 5.59. The van der Waals surface area contributed by atoms with Crippen LogP contribution in [0.15, 0.2) is 54.1 Å². The molecule has 0 aliphatic carbocycles. The van der Waals surface area contributed by atoms with E-state index in [1.165, 1.54) is 18.2 Å². The summed E-state index contributed by atoms with van der Waals surface area (Å²) in [6.45, 7) is 5.88. The second kappa shape index (κ2) is 7.64. The van der Waals surface area contributed by atoms with E-state index in [0.29, 0.717) is 12.0 Å². The van der Waals surface area contributed by atoms with Gasteiger partial charge in [0.15, 0.2) is 5.78 Å². The van der Waals surface area contributed by atoms with Crippen LogP contribution in [-0.4, -0.2) is 16.0 Å². The van der Waals surface area contributed by atoms with E-state index in [1.807, 2.05) is 51.1 Å². The summed E-state index contributed by atoms with van der Waals surface area (Å²) in [7, 11) is 0. The van der Waals surface area contributed by atoms with E-state index in [1.54, 1.807) is 6.08 Å². The highest BCUT2D eigenvalue weighted by atomic mass is 16.3. The van der Waals surface area contributed by atoms with E-state index in [4.69, 9.17) is 0 Å². The number of carbonyl (C=O) groups excluding carboxylic acids is 1. The average Bonchev–Trinajstić information content (AvgIpc) is 2.53. The number of allylic oxidation sites excluding steroid dienone is 3. The Labute approximate surface area is 142 Å². The molecule has 0 saturated carbocycles. The Morgan fingerprint density at radius 3 is 2.33 bits per heavy atom. The van der Waals surface area contributed by atoms with Crippen molar-refractivity contribution >= 4 is 11.9 Å². The zero-order chi connectivity index (χ0) is 17.7. The predicted octanol–water partition coefficient (Wildman–Crippen LogP) is 4.81. The van der Waals surface area contributed by atoms with Crippen LogP contribution in [0.2, 0.25) is 0 Å². The van der Waals surface area contributed by atoms with Gasteiger partial charge in [-0.3, -0.25) is 4.79 Å². The first-order chi connectivity index (χ1) is 11.4. The van der Waals surface area contributed by atoms with Crippen molar-refractivity contribution in [1.82, 2.24) is 0 Å². The fourth-order valence-electron chi connectivity index (χ4n) is 2.27. The van der Waals surface area contributed by atoms with Gasteiger partial charge < -0.3 is 10.2 Å². The average molecular weight is 322 g/mol. The van der Waals surface area contributed by atoms with Crippen molar-refractivity contribution in [2.45, 2.75) is 27.2 Å². The molecule has 2 aromatic carbocycles. The quantitative estimate of drug-likeness (QED) is 0.472. The summed E-state index contributed by atoms with van der Waals surface area (Å²) in [6.07, 6.45) is 5.42. The van der Waals surface area contributed by atoms with Crippen LogP contribution < -0.4 is 0 Å². The minimum atomic E-state index is -0.300. The first-order valence-electron chi connectivity index (χ1n) is 7.84. The molecule has 24 heavy (non-hydrogen) atoms. The molecule has 0 fully saturated rings. The Balaban J connectivity index is 2.27. The maximum Gasteiger partial charge on any atom is 0.189 e. The largest absolute Gasteiger partial charge is 0.508 e. The van der Waals surface area contributed by atoms with Crippen molar-refractivity contribution in [2.75, 3.05) is 0 Å². The van der Waals surface area contributed by atoms with Crippen molar-refractivity contribution in [2.24, 2.45) is 0 Å². The maximum absolute atomic E-state index is 12.4. The summed E-state index contributed by atoms with van der Waals surface area (Å²) in [6, 6.07) is 10.7. The Hall–Kier alpha value is -2.81. The van der Waals surface area contributed by atoms with Crippen LogP contribution >= 0.6 is 0 Å². The van der Waals surface area contributed by atoms with Gasteiger partial charge >= 0.3 is 0 Å². The second-order valence-electron chi connectivity index (χ2n) is 6.05. The van der Waals surface area contributed by atoms with Crippen LogP contribution in [0.4, 0.5) is 0 Å². The number of rotatable bonds is 5. The minimum Gasteiger partial charge on any atom is -0.508 e. The van der Waals surface area contributed by atoms with E-state index < -0.39 is 0 Å². The number of aromatic hydroxyl groups is 2. The minimum absolute atomic E-state index is 0.0101. The number of carbonyl (C=O) groups is 1. The zero-order valence-corrected chi connectivity index (χ0v) is 14.2. The van der Waals surface area contributed by atoms with E-state index in [2.05, 4.69) is 0 Å². The molecule has 0 aromatic heterocycles. The highest BCUT2D eigenvalue weighted by Crippen LogP contribution is 2.32. The van der Waals surface area contributed by atoms with Gasteiger partial charge in [-0.1, -0.05) is 47.6 Å². The third-order valence-electron chi connectivity index (χ3n) is 3.74. The maximum atomic E-state index is 12.4.